The summed E-state index contributed by atoms with van der Waals surface area (Å²) < 4.78 is 0. The Labute approximate surface area is 138 Å². The highest BCUT2D eigenvalue weighted by atomic mass is 16.3. The van der Waals surface area contributed by atoms with E-state index in [4.69, 9.17) is 0 Å². The van der Waals surface area contributed by atoms with Crippen LogP contribution in [-0.4, -0.2) is 47.4 Å². The summed E-state index contributed by atoms with van der Waals surface area (Å²) in [5.74, 6) is 1.90. The Hall–Kier alpha value is -2.68. The number of fused-ring (bicyclic) bond motifs is 1. The van der Waals surface area contributed by atoms with Crippen molar-refractivity contribution in [2.24, 2.45) is 0 Å². The first-order chi connectivity index (χ1) is 11.7. The molecular formula is C15H20N8O. The molecule has 3 heterocycles. The number of aromatic nitrogens is 6. The molecule has 1 saturated carbocycles. The molecule has 1 aliphatic carbocycles. The fourth-order valence-corrected chi connectivity index (χ4v) is 3.01. The monoisotopic (exact) mass is 328 g/mol. The lowest BCUT2D eigenvalue weighted by Crippen LogP contribution is -2.28. The zero-order valence-electron chi connectivity index (χ0n) is 13.4. The summed E-state index contributed by atoms with van der Waals surface area (Å²) in [6, 6.07) is 2.17. The van der Waals surface area contributed by atoms with Crippen LogP contribution in [-0.2, 0) is 0 Å². The number of hydrogen-bond donors (Lipinski definition) is 5. The van der Waals surface area contributed by atoms with Gasteiger partial charge in [0.05, 0.1) is 18.1 Å². The van der Waals surface area contributed by atoms with Crippen molar-refractivity contribution in [2.45, 2.75) is 44.8 Å². The van der Waals surface area contributed by atoms with Gasteiger partial charge in [0, 0.05) is 12.1 Å². The molecule has 0 bridgehead atoms. The Morgan fingerprint density at radius 2 is 2.04 bits per heavy atom. The van der Waals surface area contributed by atoms with Gasteiger partial charge in [-0.2, -0.15) is 15.1 Å². The Kier molecular flexibility index (Phi) is 3.77. The molecule has 0 spiro atoms. The van der Waals surface area contributed by atoms with Crippen LogP contribution >= 0.6 is 0 Å². The maximum Gasteiger partial charge on any atom is 0.232 e. The lowest BCUT2D eigenvalue weighted by Gasteiger charge is -2.26. The van der Waals surface area contributed by atoms with Crippen molar-refractivity contribution in [3.05, 3.63) is 18.1 Å². The van der Waals surface area contributed by atoms with Crippen molar-refractivity contribution < 1.29 is 5.11 Å². The van der Waals surface area contributed by atoms with Crippen molar-refractivity contribution in [2.75, 3.05) is 10.6 Å². The molecule has 1 aliphatic rings. The molecule has 9 heteroatoms. The number of H-pyrrole nitrogens is 2. The van der Waals surface area contributed by atoms with Crippen LogP contribution in [0, 0.1) is 6.92 Å². The van der Waals surface area contributed by atoms with Crippen LogP contribution in [0.3, 0.4) is 0 Å². The van der Waals surface area contributed by atoms with Crippen LogP contribution in [0.5, 0.6) is 0 Å². The molecule has 3 aromatic heterocycles. The molecule has 0 unspecified atom stereocenters. The zero-order valence-corrected chi connectivity index (χ0v) is 13.4. The molecule has 0 amide bonds. The first kappa shape index (κ1) is 14.9. The number of rotatable bonds is 4. The minimum Gasteiger partial charge on any atom is -0.393 e. The van der Waals surface area contributed by atoms with Gasteiger partial charge in [0.15, 0.2) is 11.5 Å². The number of aromatic amines is 2. The van der Waals surface area contributed by atoms with Gasteiger partial charge < -0.3 is 20.7 Å². The SMILES string of the molecule is Cc1cc(Nc2nc(NC3CCC(O)CC3)c3nc[nH]c3n2)[nH]n1. The van der Waals surface area contributed by atoms with Gasteiger partial charge in [0.25, 0.3) is 0 Å². The van der Waals surface area contributed by atoms with Gasteiger partial charge in [0.1, 0.15) is 11.3 Å². The fourth-order valence-electron chi connectivity index (χ4n) is 3.01. The van der Waals surface area contributed by atoms with E-state index < -0.39 is 0 Å². The van der Waals surface area contributed by atoms with E-state index in [1.165, 1.54) is 0 Å². The summed E-state index contributed by atoms with van der Waals surface area (Å²) >= 11 is 0. The van der Waals surface area contributed by atoms with Crippen LogP contribution in [0.25, 0.3) is 11.2 Å². The van der Waals surface area contributed by atoms with Crippen molar-refractivity contribution in [3.8, 4) is 0 Å². The highest BCUT2D eigenvalue weighted by Crippen LogP contribution is 2.25. The second kappa shape index (κ2) is 6.08. The molecule has 5 N–H and O–H groups in total. The Morgan fingerprint density at radius 3 is 2.79 bits per heavy atom. The smallest absolute Gasteiger partial charge is 0.232 e. The second-order valence-corrected chi connectivity index (χ2v) is 6.19. The number of aliphatic hydroxyl groups is 1. The molecule has 0 saturated heterocycles. The average Bonchev–Trinajstić information content (AvgIpc) is 3.19. The normalized spacial score (nSPS) is 21.1. The fraction of sp³-hybridized carbons (Fsp3) is 0.467. The third-order valence-corrected chi connectivity index (χ3v) is 4.27. The van der Waals surface area contributed by atoms with E-state index >= 15 is 0 Å². The molecule has 0 atom stereocenters. The van der Waals surface area contributed by atoms with E-state index in [-0.39, 0.29) is 12.1 Å². The molecule has 0 aliphatic heterocycles. The maximum atomic E-state index is 9.65. The lowest BCUT2D eigenvalue weighted by atomic mass is 9.93. The Morgan fingerprint density at radius 1 is 1.21 bits per heavy atom. The molecule has 24 heavy (non-hydrogen) atoms. The quantitative estimate of drug-likeness (QED) is 0.494. The van der Waals surface area contributed by atoms with Crippen molar-refractivity contribution >= 4 is 28.7 Å². The summed E-state index contributed by atoms with van der Waals surface area (Å²) in [5.41, 5.74) is 2.27. The van der Waals surface area contributed by atoms with Gasteiger partial charge in [-0.1, -0.05) is 0 Å². The minimum atomic E-state index is -0.181. The summed E-state index contributed by atoms with van der Waals surface area (Å²) in [7, 11) is 0. The van der Waals surface area contributed by atoms with Gasteiger partial charge >= 0.3 is 0 Å². The molecule has 3 aromatic rings. The Balaban J connectivity index is 1.60. The maximum absolute atomic E-state index is 9.65. The zero-order chi connectivity index (χ0) is 16.5. The molecule has 1 fully saturated rings. The predicted molar refractivity (Wildman–Crippen MR) is 90.2 cm³/mol. The van der Waals surface area contributed by atoms with E-state index in [9.17, 15) is 5.11 Å². The number of aliphatic hydroxyl groups excluding tert-OH is 1. The summed E-state index contributed by atoms with van der Waals surface area (Å²) in [5, 5.41) is 23.2. The van der Waals surface area contributed by atoms with Crippen LogP contribution < -0.4 is 10.6 Å². The Bertz CT molecular complexity index is 833. The first-order valence-corrected chi connectivity index (χ1v) is 8.12. The summed E-state index contributed by atoms with van der Waals surface area (Å²) in [6.45, 7) is 1.91. The number of nitrogens with one attached hydrogen (secondary N) is 4. The largest absolute Gasteiger partial charge is 0.393 e. The van der Waals surface area contributed by atoms with E-state index in [1.807, 2.05) is 13.0 Å². The predicted octanol–water partition coefficient (Wildman–Crippen LogP) is 1.84. The molecule has 126 valence electrons. The van der Waals surface area contributed by atoms with Crippen LogP contribution in [0.2, 0.25) is 0 Å². The third-order valence-electron chi connectivity index (χ3n) is 4.27. The molecule has 0 radical (unpaired) electrons. The highest BCUT2D eigenvalue weighted by molar-refractivity contribution is 5.84. The van der Waals surface area contributed by atoms with E-state index in [2.05, 4.69) is 40.8 Å². The topological polar surface area (TPSA) is 127 Å². The van der Waals surface area contributed by atoms with Gasteiger partial charge in [-0.3, -0.25) is 5.10 Å². The van der Waals surface area contributed by atoms with Crippen LogP contribution in [0.15, 0.2) is 12.4 Å². The van der Waals surface area contributed by atoms with Crippen molar-refractivity contribution in [3.63, 3.8) is 0 Å². The average molecular weight is 328 g/mol. The number of aryl methyl sites for hydroxylation is 1. The number of hydrogen-bond acceptors (Lipinski definition) is 7. The van der Waals surface area contributed by atoms with Crippen LogP contribution in [0.4, 0.5) is 17.6 Å². The summed E-state index contributed by atoms with van der Waals surface area (Å²) in [6.07, 6.45) is 4.88. The number of imidazole rings is 1. The second-order valence-electron chi connectivity index (χ2n) is 6.19. The molecule has 4 rings (SSSR count). The number of nitrogens with zero attached hydrogens (tertiary/aromatic N) is 4. The standard InChI is InChI=1S/C15H20N8O/c1-8-6-11(23-22-8)19-15-20-13-12(16-7-17-13)14(21-15)18-9-2-4-10(24)5-3-9/h6-7,9-10,24H,2-5H2,1H3,(H4,16,17,18,19,20,21,22,23). The van der Waals surface area contributed by atoms with Crippen LogP contribution in [0.1, 0.15) is 31.4 Å². The first-order valence-electron chi connectivity index (χ1n) is 8.12. The van der Waals surface area contributed by atoms with Gasteiger partial charge in [0.2, 0.25) is 5.95 Å². The third kappa shape index (κ3) is 3.02. The van der Waals surface area contributed by atoms with E-state index in [0.717, 1.165) is 37.2 Å². The molecular weight excluding hydrogens is 308 g/mol. The van der Waals surface area contributed by atoms with E-state index in [0.29, 0.717) is 22.9 Å². The van der Waals surface area contributed by atoms with Gasteiger partial charge in [-0.25, -0.2) is 4.98 Å². The van der Waals surface area contributed by atoms with Gasteiger partial charge in [-0.15, -0.1) is 0 Å². The van der Waals surface area contributed by atoms with Crippen molar-refractivity contribution in [1.29, 1.82) is 0 Å². The number of anilines is 3. The molecule has 9 nitrogen and oxygen atoms in total. The highest BCUT2D eigenvalue weighted by Gasteiger charge is 2.21. The molecule has 0 aromatic carbocycles. The van der Waals surface area contributed by atoms with Crippen molar-refractivity contribution in [1.82, 2.24) is 30.1 Å². The summed E-state index contributed by atoms with van der Waals surface area (Å²) in [4.78, 5) is 16.3. The van der Waals surface area contributed by atoms with E-state index in [1.54, 1.807) is 6.33 Å². The lowest BCUT2D eigenvalue weighted by molar-refractivity contribution is 0.126. The minimum absolute atomic E-state index is 0.181. The van der Waals surface area contributed by atoms with Gasteiger partial charge in [-0.05, 0) is 32.6 Å².